The molecule has 0 bridgehead atoms. The summed E-state index contributed by atoms with van der Waals surface area (Å²) in [5, 5.41) is -0.361. The Labute approximate surface area is 101 Å². The van der Waals surface area contributed by atoms with E-state index in [2.05, 4.69) is 4.90 Å². The van der Waals surface area contributed by atoms with Crippen LogP contribution in [-0.2, 0) is 4.79 Å². The lowest BCUT2D eigenvalue weighted by molar-refractivity contribution is -0.133. The van der Waals surface area contributed by atoms with Gasteiger partial charge < -0.3 is 4.90 Å². The van der Waals surface area contributed by atoms with Crippen LogP contribution in [0.1, 0.15) is 32.6 Å². The number of carbonyl (C=O) groups excluding carboxylic acids is 1. The summed E-state index contributed by atoms with van der Waals surface area (Å²) in [7, 11) is 0. The predicted molar refractivity (Wildman–Crippen MR) is 65.5 cm³/mol. The molecule has 1 heterocycles. The number of rotatable bonds is 3. The Balaban J connectivity index is 2.01. The Kier molecular flexibility index (Phi) is 3.83. The van der Waals surface area contributed by atoms with Crippen LogP contribution in [0.3, 0.4) is 0 Å². The van der Waals surface area contributed by atoms with Gasteiger partial charge in [0.1, 0.15) is 5.38 Å². The van der Waals surface area contributed by atoms with Gasteiger partial charge in [0.25, 0.3) is 0 Å². The first kappa shape index (κ1) is 11.6. The van der Waals surface area contributed by atoms with Crippen LogP contribution in [0.15, 0.2) is 0 Å². The highest BCUT2D eigenvalue weighted by atomic mass is 35.5. The van der Waals surface area contributed by atoms with Crippen LogP contribution in [-0.4, -0.2) is 39.8 Å². The highest BCUT2D eigenvalue weighted by molar-refractivity contribution is 7.99. The molecule has 0 aromatic rings. The predicted octanol–water partition coefficient (Wildman–Crippen LogP) is 2.50. The van der Waals surface area contributed by atoms with Gasteiger partial charge in [0.2, 0.25) is 5.91 Å². The molecule has 2 nitrogen and oxygen atoms in total. The second-order valence-corrected chi connectivity index (χ2v) is 6.32. The van der Waals surface area contributed by atoms with E-state index < -0.39 is 0 Å². The van der Waals surface area contributed by atoms with Gasteiger partial charge in [-0.05, 0) is 44.1 Å². The minimum Gasteiger partial charge on any atom is -0.335 e. The Morgan fingerprint density at radius 2 is 1.80 bits per heavy atom. The Bertz CT molecular complexity index is 237. The molecule has 15 heavy (non-hydrogen) atoms. The number of hydrogen-bond acceptors (Lipinski definition) is 2. The van der Waals surface area contributed by atoms with E-state index in [1.54, 1.807) is 6.92 Å². The van der Waals surface area contributed by atoms with Crippen LogP contribution >= 0.6 is 23.4 Å². The number of nitrogens with zero attached hydrogens (tertiary/aromatic N) is 1. The van der Waals surface area contributed by atoms with Crippen LogP contribution < -0.4 is 0 Å². The Hall–Kier alpha value is 0.110. The topological polar surface area (TPSA) is 20.3 Å². The molecular weight excluding hydrogens is 230 g/mol. The number of carbonyl (C=O) groups is 1. The third-order valence-electron chi connectivity index (χ3n) is 3.12. The number of halogens is 1. The molecular formula is C11H18ClNOS. The lowest BCUT2D eigenvalue weighted by Gasteiger charge is -2.35. The second kappa shape index (κ2) is 4.96. The lowest BCUT2D eigenvalue weighted by Crippen LogP contribution is -2.46. The number of alkyl halides is 1. The maximum atomic E-state index is 12.0. The van der Waals surface area contributed by atoms with Crippen molar-refractivity contribution in [1.82, 2.24) is 4.90 Å². The maximum Gasteiger partial charge on any atom is 0.240 e. The fourth-order valence-electron chi connectivity index (χ4n) is 2.18. The summed E-state index contributed by atoms with van der Waals surface area (Å²) in [4.78, 5) is 14.1. The minimum absolute atomic E-state index is 0.149. The van der Waals surface area contributed by atoms with E-state index in [0.29, 0.717) is 12.1 Å². The third kappa shape index (κ3) is 2.82. The Morgan fingerprint density at radius 1 is 1.27 bits per heavy atom. The van der Waals surface area contributed by atoms with E-state index in [1.165, 1.54) is 24.3 Å². The molecule has 1 aliphatic heterocycles. The molecule has 2 rings (SSSR count). The molecule has 0 N–H and O–H groups in total. The monoisotopic (exact) mass is 247 g/mol. The quantitative estimate of drug-likeness (QED) is 0.715. The van der Waals surface area contributed by atoms with Crippen LogP contribution in [0, 0.1) is 0 Å². The first-order valence-electron chi connectivity index (χ1n) is 5.74. The van der Waals surface area contributed by atoms with Crippen molar-refractivity contribution >= 4 is 29.3 Å². The zero-order chi connectivity index (χ0) is 10.8. The molecule has 0 radical (unpaired) electrons. The summed E-state index contributed by atoms with van der Waals surface area (Å²) < 4.78 is 0. The number of thioether (sulfide) groups is 1. The average molecular weight is 248 g/mol. The maximum absolute atomic E-state index is 12.0. The molecule has 0 aromatic carbocycles. The largest absolute Gasteiger partial charge is 0.335 e. The first-order valence-corrected chi connectivity index (χ1v) is 7.33. The highest BCUT2D eigenvalue weighted by Gasteiger charge is 2.38. The van der Waals surface area contributed by atoms with Gasteiger partial charge in [0, 0.05) is 12.1 Å². The molecule has 0 aromatic heterocycles. The summed E-state index contributed by atoms with van der Waals surface area (Å²) in [5.74, 6) is 2.53. The van der Waals surface area contributed by atoms with Crippen LogP contribution in [0.2, 0.25) is 0 Å². The van der Waals surface area contributed by atoms with Gasteiger partial charge in [0.15, 0.2) is 0 Å². The highest BCUT2D eigenvalue weighted by Crippen LogP contribution is 2.34. The van der Waals surface area contributed by atoms with Crippen molar-refractivity contribution in [3.63, 3.8) is 0 Å². The molecule has 1 atom stereocenters. The molecule has 1 aliphatic carbocycles. The number of amides is 1. The molecule has 1 saturated carbocycles. The van der Waals surface area contributed by atoms with Crippen molar-refractivity contribution in [2.45, 2.75) is 50.1 Å². The summed E-state index contributed by atoms with van der Waals surface area (Å²) in [6.45, 7) is 1.79. The van der Waals surface area contributed by atoms with E-state index in [-0.39, 0.29) is 11.3 Å². The zero-order valence-corrected chi connectivity index (χ0v) is 10.7. The van der Waals surface area contributed by atoms with E-state index in [1.807, 2.05) is 11.8 Å². The van der Waals surface area contributed by atoms with Crippen molar-refractivity contribution in [3.8, 4) is 0 Å². The smallest absolute Gasteiger partial charge is 0.240 e. The molecule has 0 spiro atoms. The second-order valence-electron chi connectivity index (χ2n) is 4.44. The van der Waals surface area contributed by atoms with E-state index in [4.69, 9.17) is 11.6 Å². The lowest BCUT2D eigenvalue weighted by atomic mass is 10.1. The van der Waals surface area contributed by atoms with Crippen molar-refractivity contribution in [1.29, 1.82) is 0 Å². The average Bonchev–Trinajstić information content (AvgIpc) is 3.04. The van der Waals surface area contributed by atoms with Crippen molar-refractivity contribution in [2.24, 2.45) is 0 Å². The van der Waals surface area contributed by atoms with Gasteiger partial charge >= 0.3 is 0 Å². The molecule has 2 aliphatic rings. The normalized spacial score (nSPS) is 24.9. The van der Waals surface area contributed by atoms with Crippen molar-refractivity contribution in [2.75, 3.05) is 11.5 Å². The van der Waals surface area contributed by atoms with Crippen molar-refractivity contribution in [3.05, 3.63) is 0 Å². The molecule has 0 unspecified atom stereocenters. The first-order chi connectivity index (χ1) is 7.20. The SMILES string of the molecule is C[C@@H](Cl)C(=O)N(C1CCSCC1)C1CC1. The minimum atomic E-state index is -0.361. The van der Waals surface area contributed by atoms with Gasteiger partial charge in [-0.3, -0.25) is 4.79 Å². The molecule has 1 saturated heterocycles. The molecule has 1 amide bonds. The summed E-state index contributed by atoms with van der Waals surface area (Å²) in [6, 6.07) is 0.972. The molecule has 4 heteroatoms. The van der Waals surface area contributed by atoms with Gasteiger partial charge in [0.05, 0.1) is 0 Å². The standard InChI is InChI=1S/C11H18ClNOS/c1-8(12)11(14)13(9-2-3-9)10-4-6-15-7-5-10/h8-10H,2-7H2,1H3/t8-/m1/s1. The van der Waals surface area contributed by atoms with Crippen molar-refractivity contribution < 1.29 is 4.79 Å². The molecule has 86 valence electrons. The summed E-state index contributed by atoms with van der Waals surface area (Å²) in [5.41, 5.74) is 0. The van der Waals surface area contributed by atoms with Gasteiger partial charge in [-0.1, -0.05) is 0 Å². The van der Waals surface area contributed by atoms with Crippen LogP contribution in [0.25, 0.3) is 0 Å². The van der Waals surface area contributed by atoms with E-state index in [9.17, 15) is 4.79 Å². The Morgan fingerprint density at radius 3 is 2.27 bits per heavy atom. The van der Waals surface area contributed by atoms with Crippen LogP contribution in [0.5, 0.6) is 0 Å². The molecule has 2 fully saturated rings. The third-order valence-corrected chi connectivity index (χ3v) is 4.35. The van der Waals surface area contributed by atoms with E-state index >= 15 is 0 Å². The van der Waals surface area contributed by atoms with Crippen LogP contribution in [0.4, 0.5) is 0 Å². The van der Waals surface area contributed by atoms with Gasteiger partial charge in [-0.15, -0.1) is 11.6 Å². The summed E-state index contributed by atoms with van der Waals surface area (Å²) in [6.07, 6.45) is 4.66. The van der Waals surface area contributed by atoms with E-state index in [0.717, 1.165) is 12.8 Å². The zero-order valence-electron chi connectivity index (χ0n) is 9.12. The van der Waals surface area contributed by atoms with Gasteiger partial charge in [-0.2, -0.15) is 11.8 Å². The number of hydrogen-bond donors (Lipinski definition) is 0. The summed E-state index contributed by atoms with van der Waals surface area (Å²) >= 11 is 7.91. The fraction of sp³-hybridized carbons (Fsp3) is 0.909. The van der Waals surface area contributed by atoms with Gasteiger partial charge in [-0.25, -0.2) is 0 Å². The fourth-order valence-corrected chi connectivity index (χ4v) is 3.37.